The van der Waals surface area contributed by atoms with Crippen LogP contribution in [0.4, 0.5) is 5.69 Å². The first kappa shape index (κ1) is 22.9. The van der Waals surface area contributed by atoms with Crippen LogP contribution in [0.3, 0.4) is 0 Å². The highest BCUT2D eigenvalue weighted by atomic mass is 16.5. The fourth-order valence-electron chi connectivity index (χ4n) is 3.77. The molecule has 0 amide bonds. The van der Waals surface area contributed by atoms with E-state index in [4.69, 9.17) is 4.74 Å². The lowest BCUT2D eigenvalue weighted by atomic mass is 10.2. The number of hydrogen-bond acceptors (Lipinski definition) is 4. The summed E-state index contributed by atoms with van der Waals surface area (Å²) in [6, 6.07) is 10.8. The number of benzene rings is 1. The molecule has 0 atom stereocenters. The van der Waals surface area contributed by atoms with Crippen LogP contribution in [0.25, 0.3) is 0 Å². The number of anilines is 1. The Bertz CT molecular complexity index is 597. The summed E-state index contributed by atoms with van der Waals surface area (Å²) in [5.74, 6) is 1.79. The fraction of sp³-hybridized carbons (Fsp3) is 0.708. The zero-order chi connectivity index (χ0) is 20.9. The van der Waals surface area contributed by atoms with Gasteiger partial charge in [-0.15, -0.1) is 0 Å². The van der Waals surface area contributed by atoms with Gasteiger partial charge in [-0.3, -0.25) is 9.89 Å². The van der Waals surface area contributed by atoms with E-state index in [1.165, 1.54) is 37.9 Å². The Labute approximate surface area is 183 Å². The quantitative estimate of drug-likeness (QED) is 0.295. The van der Waals surface area contributed by atoms with Crippen molar-refractivity contribution in [3.05, 3.63) is 30.3 Å². The minimum Gasteiger partial charge on any atom is -0.381 e. The average molecular weight is 416 g/mol. The zero-order valence-corrected chi connectivity index (χ0v) is 18.8. The molecule has 168 valence electrons. The van der Waals surface area contributed by atoms with E-state index in [0.717, 1.165) is 77.3 Å². The van der Waals surface area contributed by atoms with Crippen LogP contribution >= 0.6 is 0 Å². The summed E-state index contributed by atoms with van der Waals surface area (Å²) in [5.41, 5.74) is 1.35. The minimum absolute atomic E-state index is 0.825. The Morgan fingerprint density at radius 3 is 2.57 bits per heavy atom. The van der Waals surface area contributed by atoms with Gasteiger partial charge in [0.1, 0.15) is 0 Å². The molecule has 3 rings (SSSR count). The Morgan fingerprint density at radius 2 is 1.83 bits per heavy atom. The van der Waals surface area contributed by atoms with Crippen LogP contribution in [0.5, 0.6) is 0 Å². The number of para-hydroxylation sites is 1. The Kier molecular flexibility index (Phi) is 10.3. The smallest absolute Gasteiger partial charge is 0.191 e. The molecule has 6 heteroatoms. The van der Waals surface area contributed by atoms with Gasteiger partial charge in [-0.25, -0.2) is 0 Å². The number of nitrogens with zero attached hydrogens (tertiary/aromatic N) is 3. The number of hydrogen-bond donors (Lipinski definition) is 2. The molecule has 1 aromatic rings. The van der Waals surface area contributed by atoms with Crippen molar-refractivity contribution in [2.75, 3.05) is 70.5 Å². The highest BCUT2D eigenvalue weighted by molar-refractivity contribution is 5.79. The molecular weight excluding hydrogens is 374 g/mol. The predicted molar refractivity (Wildman–Crippen MR) is 126 cm³/mol. The van der Waals surface area contributed by atoms with Gasteiger partial charge in [-0.05, 0) is 63.6 Å². The third-order valence-electron chi connectivity index (χ3n) is 5.80. The number of rotatable bonds is 13. The molecule has 30 heavy (non-hydrogen) atoms. The van der Waals surface area contributed by atoms with Gasteiger partial charge < -0.3 is 20.3 Å². The van der Waals surface area contributed by atoms with Crippen molar-refractivity contribution in [2.24, 2.45) is 10.9 Å². The highest BCUT2D eigenvalue weighted by Gasteiger charge is 2.20. The Balaban J connectivity index is 1.21. The maximum absolute atomic E-state index is 5.68. The minimum atomic E-state index is 0.825. The molecule has 1 aliphatic carbocycles. The molecule has 1 aliphatic heterocycles. The van der Waals surface area contributed by atoms with Gasteiger partial charge in [0.15, 0.2) is 5.96 Å². The van der Waals surface area contributed by atoms with E-state index >= 15 is 0 Å². The standard InChI is InChI=1S/C24H41N5O/c1-2-25-24(27-14-8-20-30-21-22-11-12-22)26-13-6-7-15-28-16-18-29(19-17-28)23-9-4-3-5-10-23/h3-5,9-10,22H,2,6-8,11-21H2,1H3,(H2,25,26,27). The van der Waals surface area contributed by atoms with E-state index in [-0.39, 0.29) is 0 Å². The fourth-order valence-corrected chi connectivity index (χ4v) is 3.77. The van der Waals surface area contributed by atoms with E-state index in [9.17, 15) is 0 Å². The van der Waals surface area contributed by atoms with Crippen molar-refractivity contribution >= 4 is 11.6 Å². The van der Waals surface area contributed by atoms with Crippen LogP contribution in [0, 0.1) is 5.92 Å². The number of nitrogens with one attached hydrogen (secondary N) is 2. The lowest BCUT2D eigenvalue weighted by Gasteiger charge is -2.36. The second-order valence-corrected chi connectivity index (χ2v) is 8.43. The molecule has 1 saturated heterocycles. The van der Waals surface area contributed by atoms with Crippen molar-refractivity contribution in [2.45, 2.75) is 39.0 Å². The van der Waals surface area contributed by atoms with Gasteiger partial charge in [0.2, 0.25) is 0 Å². The van der Waals surface area contributed by atoms with Gasteiger partial charge in [-0.2, -0.15) is 0 Å². The lowest BCUT2D eigenvalue weighted by molar-refractivity contribution is 0.123. The lowest BCUT2D eigenvalue weighted by Crippen LogP contribution is -2.46. The maximum Gasteiger partial charge on any atom is 0.191 e. The summed E-state index contributed by atoms with van der Waals surface area (Å²) in [5, 5.41) is 6.82. The molecule has 0 bridgehead atoms. The first-order chi connectivity index (χ1) is 14.8. The van der Waals surface area contributed by atoms with Crippen LogP contribution in [0.1, 0.15) is 39.0 Å². The summed E-state index contributed by atoms with van der Waals surface area (Å²) in [6.45, 7) is 12.4. The number of ether oxygens (including phenoxy) is 1. The molecule has 0 spiro atoms. The van der Waals surface area contributed by atoms with Crippen molar-refractivity contribution in [1.29, 1.82) is 0 Å². The van der Waals surface area contributed by atoms with Gasteiger partial charge in [0, 0.05) is 64.7 Å². The second kappa shape index (κ2) is 13.5. The normalized spacial score (nSPS) is 17.9. The average Bonchev–Trinajstić information content (AvgIpc) is 3.61. The number of aliphatic imine (C=N–C) groups is 1. The van der Waals surface area contributed by atoms with Crippen LogP contribution < -0.4 is 15.5 Å². The van der Waals surface area contributed by atoms with Crippen LogP contribution in [-0.4, -0.2) is 76.4 Å². The van der Waals surface area contributed by atoms with Crippen molar-refractivity contribution in [1.82, 2.24) is 15.5 Å². The molecule has 0 unspecified atom stereocenters. The number of piperazine rings is 1. The molecule has 0 radical (unpaired) electrons. The van der Waals surface area contributed by atoms with Crippen molar-refractivity contribution in [3.63, 3.8) is 0 Å². The first-order valence-electron chi connectivity index (χ1n) is 12.0. The maximum atomic E-state index is 5.68. The largest absolute Gasteiger partial charge is 0.381 e. The molecule has 1 heterocycles. The van der Waals surface area contributed by atoms with E-state index in [1.54, 1.807) is 0 Å². The predicted octanol–water partition coefficient (Wildman–Crippen LogP) is 2.96. The summed E-state index contributed by atoms with van der Waals surface area (Å²) in [7, 11) is 0. The van der Waals surface area contributed by atoms with E-state index in [0.29, 0.717) is 0 Å². The number of unbranched alkanes of at least 4 members (excludes halogenated alkanes) is 1. The van der Waals surface area contributed by atoms with Gasteiger partial charge in [0.05, 0.1) is 0 Å². The van der Waals surface area contributed by atoms with Crippen LogP contribution in [-0.2, 0) is 4.74 Å². The SMILES string of the molecule is CCNC(=NCCCOCC1CC1)NCCCCN1CCN(c2ccccc2)CC1. The van der Waals surface area contributed by atoms with Gasteiger partial charge in [0.25, 0.3) is 0 Å². The van der Waals surface area contributed by atoms with E-state index < -0.39 is 0 Å². The van der Waals surface area contributed by atoms with Gasteiger partial charge in [-0.1, -0.05) is 18.2 Å². The molecule has 6 nitrogen and oxygen atoms in total. The van der Waals surface area contributed by atoms with Gasteiger partial charge >= 0.3 is 0 Å². The van der Waals surface area contributed by atoms with Crippen molar-refractivity contribution in [3.8, 4) is 0 Å². The zero-order valence-electron chi connectivity index (χ0n) is 18.8. The Hall–Kier alpha value is -1.79. The molecule has 2 aliphatic rings. The highest BCUT2D eigenvalue weighted by Crippen LogP contribution is 2.28. The summed E-state index contributed by atoms with van der Waals surface area (Å²) in [4.78, 5) is 9.76. The van der Waals surface area contributed by atoms with E-state index in [2.05, 4.69) is 62.7 Å². The van der Waals surface area contributed by atoms with Crippen LogP contribution in [0.15, 0.2) is 35.3 Å². The monoisotopic (exact) mass is 415 g/mol. The Morgan fingerprint density at radius 1 is 1.03 bits per heavy atom. The molecule has 1 aromatic carbocycles. The molecule has 0 aromatic heterocycles. The molecule has 2 fully saturated rings. The summed E-state index contributed by atoms with van der Waals surface area (Å²) in [6.07, 6.45) is 6.12. The molecule has 2 N–H and O–H groups in total. The first-order valence-corrected chi connectivity index (χ1v) is 12.0. The van der Waals surface area contributed by atoms with Crippen molar-refractivity contribution < 1.29 is 4.74 Å². The third kappa shape index (κ3) is 8.92. The van der Waals surface area contributed by atoms with E-state index in [1.807, 2.05) is 0 Å². The third-order valence-corrected chi connectivity index (χ3v) is 5.80. The summed E-state index contributed by atoms with van der Waals surface area (Å²) >= 11 is 0. The molecule has 1 saturated carbocycles. The summed E-state index contributed by atoms with van der Waals surface area (Å²) < 4.78 is 5.68. The van der Waals surface area contributed by atoms with Crippen LogP contribution in [0.2, 0.25) is 0 Å². The molecular formula is C24H41N5O. The second-order valence-electron chi connectivity index (χ2n) is 8.43. The topological polar surface area (TPSA) is 52.1 Å². The number of guanidine groups is 1.